The number of likely N-dealkylation sites (N-methyl/N-ethyl adjacent to an activating group) is 1. The predicted molar refractivity (Wildman–Crippen MR) is 132 cm³/mol. The SMILES string of the molecule is COC(=O)C1=C(C)N=c2s/c(=C3\C(=O)N(C)c4ccccc43)c(=O)n2[C@@H]1c1ccc(C(=O)OC)cc1. The summed E-state index contributed by atoms with van der Waals surface area (Å²) in [6, 6.07) is 12.8. The molecule has 0 saturated carbocycles. The molecule has 2 aromatic carbocycles. The Labute approximate surface area is 209 Å². The zero-order valence-electron chi connectivity index (χ0n) is 19.9. The molecule has 182 valence electrons. The summed E-state index contributed by atoms with van der Waals surface area (Å²) in [5, 5.41) is 0. The van der Waals surface area contributed by atoms with Crippen LogP contribution in [0.5, 0.6) is 0 Å². The van der Waals surface area contributed by atoms with E-state index in [4.69, 9.17) is 9.47 Å². The molecule has 0 N–H and O–H groups in total. The number of fused-ring (bicyclic) bond motifs is 2. The number of para-hydroxylation sites is 1. The lowest BCUT2D eigenvalue weighted by Crippen LogP contribution is -2.40. The molecule has 3 heterocycles. The molecule has 1 amide bonds. The van der Waals surface area contributed by atoms with Crippen molar-refractivity contribution in [1.82, 2.24) is 4.57 Å². The number of amides is 1. The van der Waals surface area contributed by atoms with Gasteiger partial charge in [-0.3, -0.25) is 14.2 Å². The van der Waals surface area contributed by atoms with E-state index in [0.29, 0.717) is 38.4 Å². The van der Waals surface area contributed by atoms with Crippen molar-refractivity contribution in [1.29, 1.82) is 0 Å². The summed E-state index contributed by atoms with van der Waals surface area (Å²) in [5.41, 5.74) is 2.74. The lowest BCUT2D eigenvalue weighted by molar-refractivity contribution is -0.136. The third-order valence-corrected chi connectivity index (χ3v) is 7.38. The van der Waals surface area contributed by atoms with Crippen LogP contribution >= 0.6 is 11.3 Å². The van der Waals surface area contributed by atoms with Gasteiger partial charge in [-0.2, -0.15) is 0 Å². The van der Waals surface area contributed by atoms with Crippen LogP contribution in [-0.2, 0) is 19.1 Å². The molecule has 0 unspecified atom stereocenters. The molecule has 5 rings (SSSR count). The van der Waals surface area contributed by atoms with E-state index < -0.39 is 23.5 Å². The molecule has 0 saturated heterocycles. The largest absolute Gasteiger partial charge is 0.466 e. The molecule has 2 aliphatic heterocycles. The van der Waals surface area contributed by atoms with Gasteiger partial charge in [0.2, 0.25) is 0 Å². The zero-order chi connectivity index (χ0) is 25.7. The molecule has 1 atom stereocenters. The van der Waals surface area contributed by atoms with Gasteiger partial charge in [-0.25, -0.2) is 14.6 Å². The van der Waals surface area contributed by atoms with Crippen molar-refractivity contribution in [3.8, 4) is 0 Å². The highest BCUT2D eigenvalue weighted by atomic mass is 32.1. The van der Waals surface area contributed by atoms with E-state index in [1.807, 2.05) is 18.2 Å². The highest BCUT2D eigenvalue weighted by Gasteiger charge is 2.36. The summed E-state index contributed by atoms with van der Waals surface area (Å²) < 4.78 is 11.4. The average molecular weight is 504 g/mol. The topological polar surface area (TPSA) is 107 Å². The van der Waals surface area contributed by atoms with E-state index in [9.17, 15) is 19.2 Å². The number of thiazole rings is 1. The Morgan fingerprint density at radius 2 is 1.64 bits per heavy atom. The van der Waals surface area contributed by atoms with E-state index in [-0.39, 0.29) is 16.0 Å². The van der Waals surface area contributed by atoms with Crippen LogP contribution in [0, 0.1) is 0 Å². The molecule has 0 fully saturated rings. The summed E-state index contributed by atoms with van der Waals surface area (Å²) in [4.78, 5) is 58.2. The van der Waals surface area contributed by atoms with Gasteiger partial charge < -0.3 is 14.4 Å². The molecular weight excluding hydrogens is 482 g/mol. The van der Waals surface area contributed by atoms with Crippen LogP contribution in [0.2, 0.25) is 0 Å². The summed E-state index contributed by atoms with van der Waals surface area (Å²) in [6.07, 6.45) is 0. The van der Waals surface area contributed by atoms with Crippen molar-refractivity contribution in [3.63, 3.8) is 0 Å². The fourth-order valence-corrected chi connectivity index (χ4v) is 5.70. The fourth-order valence-electron chi connectivity index (χ4n) is 4.57. The molecule has 10 heteroatoms. The summed E-state index contributed by atoms with van der Waals surface area (Å²) in [6.45, 7) is 1.67. The van der Waals surface area contributed by atoms with Crippen LogP contribution in [0.25, 0.3) is 5.57 Å². The minimum atomic E-state index is -0.862. The molecule has 9 nitrogen and oxygen atoms in total. The van der Waals surface area contributed by atoms with E-state index in [1.165, 1.54) is 23.7 Å². The lowest BCUT2D eigenvalue weighted by atomic mass is 9.95. The molecule has 36 heavy (non-hydrogen) atoms. The van der Waals surface area contributed by atoms with Crippen molar-refractivity contribution in [2.24, 2.45) is 4.99 Å². The summed E-state index contributed by atoms with van der Waals surface area (Å²) >= 11 is 1.10. The maximum Gasteiger partial charge on any atom is 0.338 e. The first-order valence-electron chi connectivity index (χ1n) is 11.0. The van der Waals surface area contributed by atoms with Gasteiger partial charge in [0.15, 0.2) is 4.80 Å². The van der Waals surface area contributed by atoms with Gasteiger partial charge in [-0.1, -0.05) is 41.7 Å². The Bertz CT molecular complexity index is 1660. The van der Waals surface area contributed by atoms with Crippen LogP contribution in [0.1, 0.15) is 34.5 Å². The normalized spacial score (nSPS) is 17.9. The first-order valence-corrected chi connectivity index (χ1v) is 11.8. The number of esters is 2. The number of benzene rings is 2. The van der Waals surface area contributed by atoms with Gasteiger partial charge in [0.05, 0.1) is 48.4 Å². The maximum absolute atomic E-state index is 13.9. The van der Waals surface area contributed by atoms with E-state index in [2.05, 4.69) is 4.99 Å². The number of ether oxygens (including phenoxy) is 2. The number of hydrogen-bond donors (Lipinski definition) is 0. The van der Waals surface area contributed by atoms with E-state index in [1.54, 1.807) is 44.3 Å². The van der Waals surface area contributed by atoms with Gasteiger partial charge in [-0.15, -0.1) is 0 Å². The second kappa shape index (κ2) is 8.72. The van der Waals surface area contributed by atoms with Crippen LogP contribution in [0.3, 0.4) is 0 Å². The first-order chi connectivity index (χ1) is 17.3. The predicted octanol–water partition coefficient (Wildman–Crippen LogP) is 1.54. The first kappa shape index (κ1) is 23.4. The lowest BCUT2D eigenvalue weighted by Gasteiger charge is -2.24. The standard InChI is InChI=1S/C26H21N3O6S/c1-13-18(25(33)35-4)20(14-9-11-15(12-10-14)24(32)34-3)29-23(31)21(36-26(29)27-13)19-16-7-5-6-8-17(16)28(2)22(19)30/h5-12,20H,1-4H3/b21-19-/t20-/m1/s1. The summed E-state index contributed by atoms with van der Waals surface area (Å²) in [5.74, 6) is -1.42. The maximum atomic E-state index is 13.9. The molecular formula is C26H21N3O6S. The highest BCUT2D eigenvalue weighted by Crippen LogP contribution is 2.34. The second-order valence-corrected chi connectivity index (χ2v) is 9.24. The average Bonchev–Trinajstić information content (AvgIpc) is 3.34. The number of carbonyl (C=O) groups is 3. The molecule has 2 aliphatic rings. The number of anilines is 1. The van der Waals surface area contributed by atoms with Crippen molar-refractivity contribution in [2.75, 3.05) is 26.2 Å². The zero-order valence-corrected chi connectivity index (χ0v) is 20.7. The minimum Gasteiger partial charge on any atom is -0.466 e. The Morgan fingerprint density at radius 3 is 2.31 bits per heavy atom. The third-order valence-electron chi connectivity index (χ3n) is 6.33. The van der Waals surface area contributed by atoms with Crippen molar-refractivity contribution in [2.45, 2.75) is 13.0 Å². The number of aromatic nitrogens is 1. The van der Waals surface area contributed by atoms with Gasteiger partial charge in [0, 0.05) is 12.6 Å². The minimum absolute atomic E-state index is 0.197. The number of nitrogens with zero attached hydrogens (tertiary/aromatic N) is 3. The smallest absolute Gasteiger partial charge is 0.338 e. The van der Waals surface area contributed by atoms with Crippen molar-refractivity contribution >= 4 is 40.4 Å². The number of allylic oxidation sites excluding steroid dienone is 1. The van der Waals surface area contributed by atoms with Gasteiger partial charge in [0.1, 0.15) is 4.53 Å². The third kappa shape index (κ3) is 3.41. The van der Waals surface area contributed by atoms with Crippen LogP contribution in [0.4, 0.5) is 5.69 Å². The molecule has 1 aromatic heterocycles. The number of methoxy groups -OCH3 is 2. The van der Waals surface area contributed by atoms with Crippen molar-refractivity contribution < 1.29 is 23.9 Å². The number of hydrogen-bond acceptors (Lipinski definition) is 8. The van der Waals surface area contributed by atoms with Gasteiger partial charge in [0.25, 0.3) is 11.5 Å². The van der Waals surface area contributed by atoms with Crippen LogP contribution in [0.15, 0.2) is 69.6 Å². The molecule has 0 radical (unpaired) electrons. The monoisotopic (exact) mass is 503 g/mol. The quantitative estimate of drug-likeness (QED) is 0.502. The Hall–Kier alpha value is -4.31. The van der Waals surface area contributed by atoms with E-state index >= 15 is 0 Å². The molecule has 3 aromatic rings. The number of carbonyl (C=O) groups excluding carboxylic acids is 3. The summed E-state index contributed by atoms with van der Waals surface area (Å²) in [7, 11) is 4.21. The van der Waals surface area contributed by atoms with E-state index in [0.717, 1.165) is 11.3 Å². The molecule has 0 spiro atoms. The highest BCUT2D eigenvalue weighted by molar-refractivity contribution is 7.07. The Kier molecular flexibility index (Phi) is 5.68. The number of rotatable bonds is 3. The molecule has 0 aliphatic carbocycles. The molecule has 0 bridgehead atoms. The van der Waals surface area contributed by atoms with Crippen LogP contribution < -0.4 is 19.8 Å². The van der Waals surface area contributed by atoms with Crippen LogP contribution in [-0.4, -0.2) is 43.7 Å². The van der Waals surface area contributed by atoms with Gasteiger partial charge >= 0.3 is 11.9 Å². The Balaban J connectivity index is 1.80. The Morgan fingerprint density at radius 1 is 0.972 bits per heavy atom. The van der Waals surface area contributed by atoms with Crippen molar-refractivity contribution in [3.05, 3.63) is 96.2 Å². The fraction of sp³-hybridized carbons (Fsp3) is 0.192. The second-order valence-electron chi connectivity index (χ2n) is 8.26. The van der Waals surface area contributed by atoms with Gasteiger partial charge in [-0.05, 0) is 30.7 Å².